The Balaban J connectivity index is 1.56. The van der Waals surface area contributed by atoms with E-state index in [-0.39, 0.29) is 18.5 Å². The first kappa shape index (κ1) is 19.4. The molecule has 1 amide bonds. The van der Waals surface area contributed by atoms with Gasteiger partial charge in [0.2, 0.25) is 0 Å². The molecule has 0 aromatic heterocycles. The third kappa shape index (κ3) is 5.09. The second-order valence-electron chi connectivity index (χ2n) is 7.11. The summed E-state index contributed by atoms with van der Waals surface area (Å²) in [7, 11) is 0. The third-order valence-electron chi connectivity index (χ3n) is 5.24. The van der Waals surface area contributed by atoms with Crippen LogP contribution in [0.3, 0.4) is 0 Å². The number of nitrogens with zero attached hydrogens (tertiary/aromatic N) is 1. The van der Waals surface area contributed by atoms with Gasteiger partial charge in [-0.25, -0.2) is 0 Å². The molecule has 0 bridgehead atoms. The van der Waals surface area contributed by atoms with Crippen molar-refractivity contribution in [2.75, 3.05) is 6.54 Å². The van der Waals surface area contributed by atoms with Gasteiger partial charge in [-0.2, -0.15) is 5.26 Å². The van der Waals surface area contributed by atoms with Gasteiger partial charge in [0.25, 0.3) is 5.91 Å². The molecule has 4 nitrogen and oxygen atoms in total. The highest BCUT2D eigenvalue weighted by molar-refractivity contribution is 6.30. The van der Waals surface area contributed by atoms with E-state index < -0.39 is 0 Å². The molecule has 3 rings (SSSR count). The summed E-state index contributed by atoms with van der Waals surface area (Å²) >= 11 is 6.10. The minimum atomic E-state index is -0.204. The molecule has 5 heteroatoms. The van der Waals surface area contributed by atoms with Crippen molar-refractivity contribution in [1.82, 2.24) is 10.6 Å². The molecule has 1 aliphatic rings. The fraction of sp³-hybridized carbons (Fsp3) is 0.364. The molecule has 0 spiro atoms. The molecule has 1 saturated carbocycles. The lowest BCUT2D eigenvalue weighted by Crippen LogP contribution is -2.29. The molecule has 2 aromatic carbocycles. The number of hydrogen-bond acceptors (Lipinski definition) is 3. The van der Waals surface area contributed by atoms with Crippen LogP contribution in [0.15, 0.2) is 48.5 Å². The van der Waals surface area contributed by atoms with Crippen LogP contribution in [-0.2, 0) is 0 Å². The lowest BCUT2D eigenvalue weighted by Gasteiger charge is -2.20. The average Bonchev–Trinajstić information content (AvgIpc) is 3.14. The van der Waals surface area contributed by atoms with Crippen LogP contribution in [0.5, 0.6) is 0 Å². The second-order valence-corrected chi connectivity index (χ2v) is 7.55. The van der Waals surface area contributed by atoms with E-state index in [1.165, 1.54) is 11.1 Å². The van der Waals surface area contributed by atoms with Crippen LogP contribution in [-0.4, -0.2) is 18.5 Å². The van der Waals surface area contributed by atoms with Crippen LogP contribution in [0.1, 0.15) is 59.6 Å². The first-order chi connectivity index (χ1) is 13.1. The molecule has 1 aliphatic carbocycles. The lowest BCUT2D eigenvalue weighted by atomic mass is 9.96. The maximum Gasteiger partial charge on any atom is 0.252 e. The maximum atomic E-state index is 11.9. The van der Waals surface area contributed by atoms with Gasteiger partial charge < -0.3 is 10.6 Å². The van der Waals surface area contributed by atoms with E-state index in [1.54, 1.807) is 0 Å². The molecule has 2 aromatic rings. The van der Waals surface area contributed by atoms with Crippen molar-refractivity contribution in [3.8, 4) is 6.07 Å². The van der Waals surface area contributed by atoms with Crippen LogP contribution in [0.25, 0.3) is 0 Å². The van der Waals surface area contributed by atoms with Crippen molar-refractivity contribution < 1.29 is 4.79 Å². The van der Waals surface area contributed by atoms with Gasteiger partial charge in [0.1, 0.15) is 6.54 Å². The SMILES string of the molecule is C[C@@H](N[C@H]1CCC(c2ccc(C(=O)NCC#N)cc2)C1)c1cccc(Cl)c1. The van der Waals surface area contributed by atoms with Gasteiger partial charge in [-0.05, 0) is 67.5 Å². The van der Waals surface area contributed by atoms with Crippen molar-refractivity contribution in [1.29, 1.82) is 5.26 Å². The zero-order valence-corrected chi connectivity index (χ0v) is 16.2. The zero-order valence-electron chi connectivity index (χ0n) is 15.4. The highest BCUT2D eigenvalue weighted by Crippen LogP contribution is 2.35. The van der Waals surface area contributed by atoms with Crippen molar-refractivity contribution >= 4 is 17.5 Å². The first-order valence-electron chi connectivity index (χ1n) is 9.33. The number of nitrogens with one attached hydrogen (secondary N) is 2. The van der Waals surface area contributed by atoms with E-state index in [4.69, 9.17) is 16.9 Å². The van der Waals surface area contributed by atoms with Gasteiger partial charge >= 0.3 is 0 Å². The Kier molecular flexibility index (Phi) is 6.49. The predicted molar refractivity (Wildman–Crippen MR) is 108 cm³/mol. The van der Waals surface area contributed by atoms with Crippen molar-refractivity contribution in [2.45, 2.75) is 44.2 Å². The maximum absolute atomic E-state index is 11.9. The summed E-state index contributed by atoms with van der Waals surface area (Å²) in [6.07, 6.45) is 3.37. The second kappa shape index (κ2) is 9.03. The van der Waals surface area contributed by atoms with Crippen LogP contribution in [0.2, 0.25) is 5.02 Å². The Morgan fingerprint density at radius 3 is 2.74 bits per heavy atom. The van der Waals surface area contributed by atoms with E-state index in [1.807, 2.05) is 48.5 Å². The molecule has 0 aliphatic heterocycles. The van der Waals surface area contributed by atoms with E-state index in [9.17, 15) is 4.79 Å². The van der Waals surface area contributed by atoms with Crippen LogP contribution in [0.4, 0.5) is 0 Å². The summed E-state index contributed by atoms with van der Waals surface area (Å²) in [5, 5.41) is 15.6. The number of carbonyl (C=O) groups is 1. The standard InChI is InChI=1S/C22H24ClN3O/c1-15(18-3-2-4-20(23)13-18)26-21-10-9-19(14-21)16-5-7-17(8-6-16)22(27)25-12-11-24/h2-8,13,15,19,21,26H,9-10,12,14H2,1H3,(H,25,27)/t15-,19?,21+/m1/s1. The van der Waals surface area contributed by atoms with Gasteiger partial charge in [0, 0.05) is 22.7 Å². The summed E-state index contributed by atoms with van der Waals surface area (Å²) < 4.78 is 0. The lowest BCUT2D eigenvalue weighted by molar-refractivity contribution is 0.0958. The molecule has 27 heavy (non-hydrogen) atoms. The number of halogens is 1. The smallest absolute Gasteiger partial charge is 0.252 e. The number of rotatable bonds is 6. The number of amides is 1. The largest absolute Gasteiger partial charge is 0.339 e. The van der Waals surface area contributed by atoms with Gasteiger partial charge in [0.15, 0.2) is 0 Å². The monoisotopic (exact) mass is 381 g/mol. The normalized spacial score (nSPS) is 20.0. The number of carbonyl (C=O) groups excluding carboxylic acids is 1. The summed E-state index contributed by atoms with van der Waals surface area (Å²) in [6.45, 7) is 2.20. The number of hydrogen-bond donors (Lipinski definition) is 2. The fourth-order valence-corrected chi connectivity index (χ4v) is 3.99. The van der Waals surface area contributed by atoms with Gasteiger partial charge in [-0.3, -0.25) is 4.79 Å². The molecule has 2 N–H and O–H groups in total. The molecule has 0 saturated heterocycles. The molecular weight excluding hydrogens is 358 g/mol. The van der Waals surface area contributed by atoms with Crippen LogP contribution >= 0.6 is 11.6 Å². The topological polar surface area (TPSA) is 64.9 Å². The molecule has 1 fully saturated rings. The first-order valence-corrected chi connectivity index (χ1v) is 9.71. The van der Waals surface area contributed by atoms with E-state index in [0.717, 1.165) is 24.3 Å². The minimum Gasteiger partial charge on any atom is -0.339 e. The highest BCUT2D eigenvalue weighted by Gasteiger charge is 2.27. The van der Waals surface area contributed by atoms with E-state index in [2.05, 4.69) is 23.6 Å². The summed E-state index contributed by atoms with van der Waals surface area (Å²) in [5.41, 5.74) is 3.07. The van der Waals surface area contributed by atoms with Crippen molar-refractivity contribution in [3.05, 3.63) is 70.2 Å². The number of benzene rings is 2. The molecule has 0 heterocycles. The summed E-state index contributed by atoms with van der Waals surface area (Å²) in [5.74, 6) is 0.301. The average molecular weight is 382 g/mol. The Morgan fingerprint density at radius 2 is 2.04 bits per heavy atom. The van der Waals surface area contributed by atoms with Crippen LogP contribution < -0.4 is 10.6 Å². The molecule has 140 valence electrons. The summed E-state index contributed by atoms with van der Waals surface area (Å²) in [6, 6.07) is 18.4. The zero-order chi connectivity index (χ0) is 19.2. The Bertz CT molecular complexity index is 828. The third-order valence-corrected chi connectivity index (χ3v) is 5.47. The van der Waals surface area contributed by atoms with E-state index in [0.29, 0.717) is 17.5 Å². The summed E-state index contributed by atoms with van der Waals surface area (Å²) in [4.78, 5) is 11.9. The van der Waals surface area contributed by atoms with Crippen molar-refractivity contribution in [3.63, 3.8) is 0 Å². The van der Waals surface area contributed by atoms with Gasteiger partial charge in [-0.15, -0.1) is 0 Å². The molecule has 0 radical (unpaired) electrons. The van der Waals surface area contributed by atoms with Gasteiger partial charge in [-0.1, -0.05) is 35.9 Å². The highest BCUT2D eigenvalue weighted by atomic mass is 35.5. The Hall–Kier alpha value is -2.35. The molecule has 1 unspecified atom stereocenters. The quantitative estimate of drug-likeness (QED) is 0.720. The Morgan fingerprint density at radius 1 is 1.26 bits per heavy atom. The number of nitriles is 1. The Labute approximate surface area is 165 Å². The molecule has 3 atom stereocenters. The van der Waals surface area contributed by atoms with Gasteiger partial charge in [0.05, 0.1) is 6.07 Å². The molecular formula is C22H24ClN3O. The fourth-order valence-electron chi connectivity index (χ4n) is 3.79. The van der Waals surface area contributed by atoms with E-state index >= 15 is 0 Å². The van der Waals surface area contributed by atoms with Crippen molar-refractivity contribution in [2.24, 2.45) is 0 Å². The van der Waals surface area contributed by atoms with Crippen LogP contribution in [0, 0.1) is 11.3 Å². The minimum absolute atomic E-state index is 0.0291. The predicted octanol–water partition coefficient (Wildman–Crippen LogP) is 4.58.